The van der Waals surface area contributed by atoms with Crippen molar-refractivity contribution >= 4 is 10.8 Å². The SMILES string of the molecule is C=CCCC1CCC(C2CCC(CCc3ccc4cc(CC/C=C/C)ccc4c3)CC2)CC1. The highest BCUT2D eigenvalue weighted by Crippen LogP contribution is 2.43. The lowest BCUT2D eigenvalue weighted by atomic mass is 9.68. The zero-order valence-corrected chi connectivity index (χ0v) is 21.1. The Bertz CT molecular complexity index is 887. The molecule has 0 unspecified atom stereocenters. The molecule has 2 aromatic carbocycles. The normalized spacial score (nSPS) is 26.1. The number of hydrogen-bond acceptors (Lipinski definition) is 0. The molecule has 178 valence electrons. The van der Waals surface area contributed by atoms with E-state index >= 15 is 0 Å². The molecule has 2 aliphatic carbocycles. The van der Waals surface area contributed by atoms with Crippen LogP contribution in [0.1, 0.15) is 95.1 Å². The number of allylic oxidation sites excluding steroid dienone is 3. The Balaban J connectivity index is 1.20. The predicted octanol–water partition coefficient (Wildman–Crippen LogP) is 9.86. The van der Waals surface area contributed by atoms with E-state index in [2.05, 4.69) is 68.1 Å². The van der Waals surface area contributed by atoms with E-state index in [0.29, 0.717) is 0 Å². The van der Waals surface area contributed by atoms with E-state index in [1.165, 1.54) is 98.9 Å². The topological polar surface area (TPSA) is 0 Å². The second-order valence-corrected chi connectivity index (χ2v) is 11.1. The highest BCUT2D eigenvalue weighted by molar-refractivity contribution is 5.83. The molecule has 2 aromatic rings. The lowest BCUT2D eigenvalue weighted by Gasteiger charge is -2.38. The van der Waals surface area contributed by atoms with E-state index in [1.54, 1.807) is 0 Å². The lowest BCUT2D eigenvalue weighted by Crippen LogP contribution is -2.26. The van der Waals surface area contributed by atoms with Gasteiger partial charge in [0.1, 0.15) is 0 Å². The van der Waals surface area contributed by atoms with Crippen LogP contribution in [0.3, 0.4) is 0 Å². The minimum absolute atomic E-state index is 0.954. The molecule has 0 heteroatoms. The first-order chi connectivity index (χ1) is 16.2. The monoisotopic (exact) mass is 442 g/mol. The van der Waals surface area contributed by atoms with Crippen LogP contribution < -0.4 is 0 Å². The average molecular weight is 443 g/mol. The van der Waals surface area contributed by atoms with Crippen LogP contribution in [0.4, 0.5) is 0 Å². The van der Waals surface area contributed by atoms with Gasteiger partial charge in [-0.15, -0.1) is 6.58 Å². The maximum absolute atomic E-state index is 3.90. The summed E-state index contributed by atoms with van der Waals surface area (Å²) in [4.78, 5) is 0. The minimum Gasteiger partial charge on any atom is -0.103 e. The maximum Gasteiger partial charge on any atom is -0.0181 e. The van der Waals surface area contributed by atoms with E-state index in [0.717, 1.165) is 36.5 Å². The van der Waals surface area contributed by atoms with Gasteiger partial charge in [0.05, 0.1) is 0 Å². The summed E-state index contributed by atoms with van der Waals surface area (Å²) >= 11 is 0. The van der Waals surface area contributed by atoms with Gasteiger partial charge in [0.2, 0.25) is 0 Å². The molecule has 0 atom stereocenters. The molecule has 0 amide bonds. The molecule has 0 radical (unpaired) electrons. The van der Waals surface area contributed by atoms with Crippen LogP contribution in [0.2, 0.25) is 0 Å². The van der Waals surface area contributed by atoms with E-state index in [9.17, 15) is 0 Å². The first-order valence-electron chi connectivity index (χ1n) is 14.0. The van der Waals surface area contributed by atoms with Gasteiger partial charge in [0, 0.05) is 0 Å². The second-order valence-electron chi connectivity index (χ2n) is 11.1. The van der Waals surface area contributed by atoms with E-state index < -0.39 is 0 Å². The third-order valence-electron chi connectivity index (χ3n) is 8.87. The summed E-state index contributed by atoms with van der Waals surface area (Å²) in [5.41, 5.74) is 2.99. The predicted molar refractivity (Wildman–Crippen MR) is 146 cm³/mol. The van der Waals surface area contributed by atoms with Gasteiger partial charge in [0.25, 0.3) is 0 Å². The fourth-order valence-electron chi connectivity index (χ4n) is 6.69. The van der Waals surface area contributed by atoms with Gasteiger partial charge >= 0.3 is 0 Å². The second kappa shape index (κ2) is 12.6. The van der Waals surface area contributed by atoms with Gasteiger partial charge < -0.3 is 0 Å². The standard InChI is InChI=1S/C33H46/c1-3-5-7-9-28-16-22-33-25-29(17-23-32(33)24-28)11-10-27-14-20-31(21-15-27)30-18-12-26(13-19-30)8-6-4-2/h3-5,16-17,22-27,30-31H,2,6-15,18-21H2,1H3/b5-3+. The zero-order chi connectivity index (χ0) is 22.9. The maximum atomic E-state index is 3.90. The highest BCUT2D eigenvalue weighted by Gasteiger charge is 2.30. The Kier molecular flexibility index (Phi) is 9.27. The highest BCUT2D eigenvalue weighted by atomic mass is 14.4. The first-order valence-corrected chi connectivity index (χ1v) is 14.0. The Morgan fingerprint density at radius 2 is 1.24 bits per heavy atom. The molecular weight excluding hydrogens is 396 g/mol. The van der Waals surface area contributed by atoms with Gasteiger partial charge in [0.15, 0.2) is 0 Å². The largest absolute Gasteiger partial charge is 0.103 e. The van der Waals surface area contributed by atoms with Crippen molar-refractivity contribution in [2.45, 2.75) is 96.8 Å². The van der Waals surface area contributed by atoms with Gasteiger partial charge in [-0.3, -0.25) is 0 Å². The Labute approximate surface area is 203 Å². The van der Waals surface area contributed by atoms with Crippen LogP contribution >= 0.6 is 0 Å². The van der Waals surface area contributed by atoms with Crippen LogP contribution in [0, 0.1) is 23.7 Å². The van der Waals surface area contributed by atoms with Gasteiger partial charge in [-0.05, 0) is 117 Å². The van der Waals surface area contributed by atoms with Crippen molar-refractivity contribution in [1.29, 1.82) is 0 Å². The summed E-state index contributed by atoms with van der Waals surface area (Å²) in [7, 11) is 0. The molecule has 0 N–H and O–H groups in total. The summed E-state index contributed by atoms with van der Waals surface area (Å²) in [6.45, 7) is 6.00. The zero-order valence-electron chi connectivity index (χ0n) is 21.1. The van der Waals surface area contributed by atoms with Gasteiger partial charge in [-0.25, -0.2) is 0 Å². The molecule has 0 heterocycles. The van der Waals surface area contributed by atoms with Crippen LogP contribution in [-0.2, 0) is 12.8 Å². The molecule has 0 aromatic heterocycles. The molecule has 2 aliphatic rings. The lowest BCUT2D eigenvalue weighted by molar-refractivity contribution is 0.141. The quantitative estimate of drug-likeness (QED) is 0.321. The number of benzene rings is 2. The first kappa shape index (κ1) is 24.3. The van der Waals surface area contributed by atoms with Crippen LogP contribution in [0.15, 0.2) is 61.2 Å². The van der Waals surface area contributed by atoms with Crippen molar-refractivity contribution in [3.63, 3.8) is 0 Å². The molecule has 4 rings (SSSR count). The Morgan fingerprint density at radius 3 is 1.79 bits per heavy atom. The molecule has 0 bridgehead atoms. The summed E-state index contributed by atoms with van der Waals surface area (Å²) in [5, 5.41) is 2.81. The number of fused-ring (bicyclic) bond motifs is 1. The smallest absolute Gasteiger partial charge is 0.0181 e. The molecule has 0 nitrogen and oxygen atoms in total. The van der Waals surface area contributed by atoms with Crippen molar-refractivity contribution < 1.29 is 0 Å². The number of hydrogen-bond donors (Lipinski definition) is 0. The fourth-order valence-corrected chi connectivity index (χ4v) is 6.69. The van der Waals surface area contributed by atoms with E-state index in [-0.39, 0.29) is 0 Å². The number of aryl methyl sites for hydroxylation is 2. The minimum atomic E-state index is 0.954. The molecule has 2 saturated carbocycles. The summed E-state index contributed by atoms with van der Waals surface area (Å²) in [6, 6.07) is 14.2. The van der Waals surface area contributed by atoms with Crippen molar-refractivity contribution in [1.82, 2.24) is 0 Å². The van der Waals surface area contributed by atoms with E-state index in [1.807, 2.05) is 0 Å². The molecule has 0 spiro atoms. The van der Waals surface area contributed by atoms with E-state index in [4.69, 9.17) is 0 Å². The van der Waals surface area contributed by atoms with Crippen LogP contribution in [0.5, 0.6) is 0 Å². The van der Waals surface area contributed by atoms with Crippen molar-refractivity contribution in [3.05, 3.63) is 72.3 Å². The molecule has 0 aliphatic heterocycles. The molecule has 2 fully saturated rings. The van der Waals surface area contributed by atoms with Crippen LogP contribution in [0.25, 0.3) is 10.8 Å². The molecule has 0 saturated heterocycles. The molecule has 33 heavy (non-hydrogen) atoms. The summed E-state index contributed by atoms with van der Waals surface area (Å²) in [5.74, 6) is 4.01. The molecular formula is C33H46. The number of rotatable bonds is 10. The van der Waals surface area contributed by atoms with Crippen LogP contribution in [-0.4, -0.2) is 0 Å². The summed E-state index contributed by atoms with van der Waals surface area (Å²) < 4.78 is 0. The van der Waals surface area contributed by atoms with Gasteiger partial charge in [-0.1, -0.05) is 80.3 Å². The van der Waals surface area contributed by atoms with Crippen molar-refractivity contribution in [3.8, 4) is 0 Å². The average Bonchev–Trinajstić information content (AvgIpc) is 2.87. The third kappa shape index (κ3) is 7.08. The fraction of sp³-hybridized carbons (Fsp3) is 0.576. The van der Waals surface area contributed by atoms with Crippen molar-refractivity contribution in [2.24, 2.45) is 23.7 Å². The summed E-state index contributed by atoms with van der Waals surface area (Å²) in [6.07, 6.45) is 26.0. The Hall–Kier alpha value is -1.82. The van der Waals surface area contributed by atoms with Gasteiger partial charge in [-0.2, -0.15) is 0 Å². The van der Waals surface area contributed by atoms with Crippen molar-refractivity contribution in [2.75, 3.05) is 0 Å². The third-order valence-corrected chi connectivity index (χ3v) is 8.87. The Morgan fingerprint density at radius 1 is 0.697 bits per heavy atom.